The van der Waals surface area contributed by atoms with Gasteiger partial charge < -0.3 is 5.73 Å². The van der Waals surface area contributed by atoms with Gasteiger partial charge in [0.25, 0.3) is 0 Å². The van der Waals surface area contributed by atoms with Crippen molar-refractivity contribution in [1.29, 1.82) is 0 Å². The Morgan fingerprint density at radius 3 is 2.67 bits per heavy atom. The lowest BCUT2D eigenvalue weighted by molar-refractivity contribution is 0.567. The summed E-state index contributed by atoms with van der Waals surface area (Å²) in [5.74, 6) is -1.12. The molecule has 2 rings (SSSR count). The van der Waals surface area contributed by atoms with E-state index in [4.69, 9.17) is 5.73 Å². The number of pyridine rings is 1. The fourth-order valence-corrected chi connectivity index (χ4v) is 2.95. The van der Waals surface area contributed by atoms with Gasteiger partial charge in [-0.05, 0) is 29.8 Å². The summed E-state index contributed by atoms with van der Waals surface area (Å²) >= 11 is 0. The number of nitrogens with zero attached hydrogens (tertiary/aromatic N) is 1. The lowest BCUT2D eigenvalue weighted by atomic mass is 10.3. The van der Waals surface area contributed by atoms with E-state index < -0.39 is 15.7 Å². The molecule has 0 aliphatic carbocycles. The Morgan fingerprint density at radius 2 is 2.06 bits per heavy atom. The van der Waals surface area contributed by atoms with Crippen molar-refractivity contribution in [2.24, 2.45) is 0 Å². The number of aromatic nitrogens is 1. The summed E-state index contributed by atoms with van der Waals surface area (Å²) in [4.78, 5) is 3.47. The lowest BCUT2D eigenvalue weighted by Gasteiger charge is -2.06. The van der Waals surface area contributed by atoms with Crippen LogP contribution in [0.1, 0.15) is 5.56 Å². The number of benzene rings is 1. The van der Waals surface area contributed by atoms with E-state index >= 15 is 0 Å². The Hall–Kier alpha value is -1.95. The van der Waals surface area contributed by atoms with Gasteiger partial charge in [0, 0.05) is 18.1 Å². The van der Waals surface area contributed by atoms with Crippen molar-refractivity contribution >= 4 is 15.5 Å². The maximum Gasteiger partial charge on any atom is 0.185 e. The standard InChI is InChI=1S/C12H11FN2O2S/c13-11-6-10(14)3-4-12(11)18(16,17)8-9-2-1-5-15-7-9/h1-7H,8,14H2. The predicted molar refractivity (Wildman–Crippen MR) is 65.9 cm³/mol. The highest BCUT2D eigenvalue weighted by molar-refractivity contribution is 7.90. The second-order valence-electron chi connectivity index (χ2n) is 3.81. The third-order valence-corrected chi connectivity index (χ3v) is 4.09. The van der Waals surface area contributed by atoms with E-state index in [1.165, 1.54) is 18.3 Å². The molecule has 4 nitrogen and oxygen atoms in total. The summed E-state index contributed by atoms with van der Waals surface area (Å²) in [7, 11) is -3.73. The summed E-state index contributed by atoms with van der Waals surface area (Å²) < 4.78 is 37.6. The third-order valence-electron chi connectivity index (χ3n) is 2.37. The number of halogens is 1. The molecule has 0 aliphatic rings. The van der Waals surface area contributed by atoms with Crippen LogP contribution in [0.15, 0.2) is 47.6 Å². The molecular weight excluding hydrogens is 255 g/mol. The smallest absolute Gasteiger partial charge is 0.185 e. The van der Waals surface area contributed by atoms with Gasteiger partial charge in [-0.15, -0.1) is 0 Å². The molecule has 1 aromatic heterocycles. The van der Waals surface area contributed by atoms with Gasteiger partial charge in [-0.25, -0.2) is 12.8 Å². The van der Waals surface area contributed by atoms with Crippen LogP contribution in [0.3, 0.4) is 0 Å². The van der Waals surface area contributed by atoms with Gasteiger partial charge in [-0.2, -0.15) is 0 Å². The molecule has 0 aliphatic heterocycles. The van der Waals surface area contributed by atoms with Gasteiger partial charge in [-0.1, -0.05) is 6.07 Å². The second-order valence-corrected chi connectivity index (χ2v) is 5.77. The number of hydrogen-bond acceptors (Lipinski definition) is 4. The Morgan fingerprint density at radius 1 is 1.28 bits per heavy atom. The highest BCUT2D eigenvalue weighted by Crippen LogP contribution is 2.21. The molecule has 1 heterocycles. The maximum absolute atomic E-state index is 13.6. The summed E-state index contributed by atoms with van der Waals surface area (Å²) in [6.07, 6.45) is 2.98. The SMILES string of the molecule is Nc1ccc(S(=O)(=O)Cc2cccnc2)c(F)c1. The number of sulfone groups is 1. The van der Waals surface area contributed by atoms with E-state index in [9.17, 15) is 12.8 Å². The quantitative estimate of drug-likeness (QED) is 0.859. The average Bonchev–Trinajstić information content (AvgIpc) is 2.29. The molecule has 1 aromatic carbocycles. The molecule has 2 aromatic rings. The topological polar surface area (TPSA) is 73.1 Å². The molecule has 18 heavy (non-hydrogen) atoms. The molecule has 0 unspecified atom stereocenters. The van der Waals surface area contributed by atoms with Crippen LogP contribution in [0.2, 0.25) is 0 Å². The van der Waals surface area contributed by atoms with Crippen LogP contribution in [0.4, 0.5) is 10.1 Å². The summed E-state index contributed by atoms with van der Waals surface area (Å²) in [5, 5.41) is 0. The van der Waals surface area contributed by atoms with Gasteiger partial charge in [0.05, 0.1) is 5.75 Å². The summed E-state index contributed by atoms with van der Waals surface area (Å²) in [6.45, 7) is 0. The minimum Gasteiger partial charge on any atom is -0.399 e. The minimum atomic E-state index is -3.73. The van der Waals surface area contributed by atoms with Gasteiger partial charge in [0.1, 0.15) is 10.7 Å². The Balaban J connectivity index is 2.37. The molecule has 0 saturated heterocycles. The van der Waals surface area contributed by atoms with Gasteiger partial charge in [0.2, 0.25) is 0 Å². The van der Waals surface area contributed by atoms with Crippen molar-refractivity contribution < 1.29 is 12.8 Å². The van der Waals surface area contributed by atoms with Crippen molar-refractivity contribution in [3.63, 3.8) is 0 Å². The van der Waals surface area contributed by atoms with E-state index in [2.05, 4.69) is 4.98 Å². The molecule has 2 N–H and O–H groups in total. The van der Waals surface area contributed by atoms with E-state index in [1.54, 1.807) is 18.3 Å². The molecule has 0 radical (unpaired) electrons. The van der Waals surface area contributed by atoms with Crippen molar-refractivity contribution in [3.05, 3.63) is 54.1 Å². The molecule has 0 spiro atoms. The first-order chi connectivity index (χ1) is 8.49. The first kappa shape index (κ1) is 12.5. The zero-order chi connectivity index (χ0) is 13.2. The number of hydrogen-bond donors (Lipinski definition) is 1. The fourth-order valence-electron chi connectivity index (χ4n) is 1.55. The number of nitrogen functional groups attached to an aromatic ring is 1. The molecule has 94 valence electrons. The van der Waals surface area contributed by atoms with Gasteiger partial charge >= 0.3 is 0 Å². The number of nitrogens with two attached hydrogens (primary N) is 1. The Labute approximate surface area is 104 Å². The molecule has 0 bridgehead atoms. The van der Waals surface area contributed by atoms with Crippen LogP contribution in [-0.4, -0.2) is 13.4 Å². The average molecular weight is 266 g/mol. The predicted octanol–water partition coefficient (Wildman–Crippen LogP) is 1.78. The van der Waals surface area contributed by atoms with Crippen molar-refractivity contribution in [2.75, 3.05) is 5.73 Å². The highest BCUT2D eigenvalue weighted by Gasteiger charge is 2.19. The highest BCUT2D eigenvalue weighted by atomic mass is 32.2. The second kappa shape index (κ2) is 4.73. The monoisotopic (exact) mass is 266 g/mol. The molecular formula is C12H11FN2O2S. The normalized spacial score (nSPS) is 11.4. The van der Waals surface area contributed by atoms with Crippen LogP contribution in [-0.2, 0) is 15.6 Å². The molecule has 0 saturated carbocycles. The van der Waals surface area contributed by atoms with Crippen molar-refractivity contribution in [2.45, 2.75) is 10.6 Å². The Bertz CT molecular complexity index is 657. The van der Waals surface area contributed by atoms with Crippen molar-refractivity contribution in [3.8, 4) is 0 Å². The van der Waals surface area contributed by atoms with E-state index in [0.29, 0.717) is 5.56 Å². The van der Waals surface area contributed by atoms with E-state index in [-0.39, 0.29) is 16.3 Å². The summed E-state index contributed by atoms with van der Waals surface area (Å²) in [6, 6.07) is 6.79. The third kappa shape index (κ3) is 2.65. The van der Waals surface area contributed by atoms with Crippen LogP contribution in [0.25, 0.3) is 0 Å². The minimum absolute atomic E-state index is 0.188. The molecule has 0 fully saturated rings. The lowest BCUT2D eigenvalue weighted by Crippen LogP contribution is -2.07. The van der Waals surface area contributed by atoms with E-state index in [1.807, 2.05) is 0 Å². The maximum atomic E-state index is 13.6. The Kier molecular flexibility index (Phi) is 3.29. The first-order valence-corrected chi connectivity index (χ1v) is 6.81. The van der Waals surface area contributed by atoms with Gasteiger partial charge in [0.15, 0.2) is 9.84 Å². The zero-order valence-corrected chi connectivity index (χ0v) is 10.2. The fraction of sp³-hybridized carbons (Fsp3) is 0.0833. The number of rotatable bonds is 3. The van der Waals surface area contributed by atoms with E-state index in [0.717, 1.165) is 6.07 Å². The zero-order valence-electron chi connectivity index (χ0n) is 9.38. The van der Waals surface area contributed by atoms with Crippen LogP contribution >= 0.6 is 0 Å². The van der Waals surface area contributed by atoms with Crippen LogP contribution < -0.4 is 5.73 Å². The van der Waals surface area contributed by atoms with Crippen LogP contribution in [0.5, 0.6) is 0 Å². The summed E-state index contributed by atoms with van der Waals surface area (Å²) in [5.41, 5.74) is 6.07. The molecule has 0 atom stereocenters. The molecule has 0 amide bonds. The van der Waals surface area contributed by atoms with Crippen molar-refractivity contribution in [1.82, 2.24) is 4.98 Å². The largest absolute Gasteiger partial charge is 0.399 e. The van der Waals surface area contributed by atoms with Crippen LogP contribution in [0, 0.1) is 5.82 Å². The molecule has 6 heteroatoms. The van der Waals surface area contributed by atoms with Gasteiger partial charge in [-0.3, -0.25) is 4.98 Å². The number of anilines is 1. The first-order valence-electron chi connectivity index (χ1n) is 5.16.